The van der Waals surface area contributed by atoms with Gasteiger partial charge in [-0.3, -0.25) is 14.5 Å². The maximum atomic E-state index is 12.2. The number of rotatable bonds is 6. The summed E-state index contributed by atoms with van der Waals surface area (Å²) < 4.78 is 11.2. The van der Waals surface area contributed by atoms with E-state index in [1.54, 1.807) is 40.9 Å². The lowest BCUT2D eigenvalue weighted by atomic mass is 9.91. The molecular weight excluding hydrogens is 366 g/mol. The average molecular weight is 389 g/mol. The molecule has 1 saturated heterocycles. The van der Waals surface area contributed by atoms with Gasteiger partial charge < -0.3 is 9.47 Å². The summed E-state index contributed by atoms with van der Waals surface area (Å²) >= 11 is 1.61. The SMILES string of the molecule is CC(C)(C)C(=O)COC1=C(COC(=O)c2ccccc2)CS[C@@H]2CC(=O)N12. The van der Waals surface area contributed by atoms with Crippen LogP contribution in [-0.4, -0.2) is 46.9 Å². The maximum absolute atomic E-state index is 12.2. The Labute approximate surface area is 162 Å². The predicted octanol–water partition coefficient (Wildman–Crippen LogP) is 2.99. The van der Waals surface area contributed by atoms with Crippen LogP contribution < -0.4 is 0 Å². The van der Waals surface area contributed by atoms with Crippen LogP contribution in [-0.2, 0) is 19.1 Å². The van der Waals surface area contributed by atoms with Crippen LogP contribution >= 0.6 is 11.8 Å². The third-order valence-corrected chi connectivity index (χ3v) is 5.72. The zero-order valence-corrected chi connectivity index (χ0v) is 16.5. The van der Waals surface area contributed by atoms with Crippen LogP contribution in [0.25, 0.3) is 0 Å². The number of amides is 1. The number of carbonyl (C=O) groups is 3. The standard InChI is InChI=1S/C20H23NO5S/c1-20(2,3)15(22)11-25-18-14(12-27-17-9-16(23)21(17)18)10-26-19(24)13-7-5-4-6-8-13/h4-8,17H,9-12H2,1-3H3/t17-/m1/s1. The molecule has 1 atom stereocenters. The number of fused-ring (bicyclic) bond motifs is 1. The summed E-state index contributed by atoms with van der Waals surface area (Å²) in [4.78, 5) is 38.0. The minimum absolute atomic E-state index is 0.0241. The van der Waals surface area contributed by atoms with E-state index in [4.69, 9.17) is 9.47 Å². The minimum Gasteiger partial charge on any atom is -0.471 e. The monoisotopic (exact) mass is 389 g/mol. The quantitative estimate of drug-likeness (QED) is 0.550. The normalized spacial score (nSPS) is 19.3. The summed E-state index contributed by atoms with van der Waals surface area (Å²) in [5.74, 6) is 0.426. The van der Waals surface area contributed by atoms with Crippen LogP contribution in [0, 0.1) is 5.41 Å². The van der Waals surface area contributed by atoms with E-state index in [0.29, 0.717) is 29.2 Å². The van der Waals surface area contributed by atoms with Gasteiger partial charge in [0.2, 0.25) is 11.8 Å². The topological polar surface area (TPSA) is 72.9 Å². The first-order chi connectivity index (χ1) is 12.8. The van der Waals surface area contributed by atoms with E-state index >= 15 is 0 Å². The number of hydrogen-bond acceptors (Lipinski definition) is 6. The molecule has 0 bridgehead atoms. The Balaban J connectivity index is 1.72. The summed E-state index contributed by atoms with van der Waals surface area (Å²) in [5.41, 5.74) is 0.641. The summed E-state index contributed by atoms with van der Waals surface area (Å²) in [5, 5.41) is 0.0332. The largest absolute Gasteiger partial charge is 0.471 e. The number of β-lactam (4-membered cyclic amide) rings is 1. The summed E-state index contributed by atoms with van der Waals surface area (Å²) in [7, 11) is 0. The Kier molecular flexibility index (Phi) is 5.60. The summed E-state index contributed by atoms with van der Waals surface area (Å²) in [6, 6.07) is 8.72. The lowest BCUT2D eigenvalue weighted by Crippen LogP contribution is -2.53. The number of carbonyl (C=O) groups excluding carboxylic acids is 3. The lowest BCUT2D eigenvalue weighted by Gasteiger charge is -2.44. The molecule has 1 amide bonds. The second kappa shape index (κ2) is 7.76. The first-order valence-electron chi connectivity index (χ1n) is 8.81. The second-order valence-electron chi connectivity index (χ2n) is 7.55. The van der Waals surface area contributed by atoms with Crippen molar-refractivity contribution in [1.29, 1.82) is 0 Å². The number of benzene rings is 1. The number of Topliss-reactive ketones (excluding diaryl/α,β-unsaturated/α-hetero) is 1. The van der Waals surface area contributed by atoms with Gasteiger partial charge in [-0.1, -0.05) is 39.0 Å². The molecular formula is C20H23NO5S. The van der Waals surface area contributed by atoms with Crippen molar-refractivity contribution in [1.82, 2.24) is 4.90 Å². The number of hydrogen-bond donors (Lipinski definition) is 0. The van der Waals surface area contributed by atoms with Crippen molar-refractivity contribution in [2.24, 2.45) is 5.41 Å². The highest BCUT2D eigenvalue weighted by molar-refractivity contribution is 8.00. The van der Waals surface area contributed by atoms with E-state index in [1.165, 1.54) is 0 Å². The molecule has 0 radical (unpaired) electrons. The molecule has 0 N–H and O–H groups in total. The number of ether oxygens (including phenoxy) is 2. The highest BCUT2D eigenvalue weighted by atomic mass is 32.2. The maximum Gasteiger partial charge on any atom is 0.338 e. The molecule has 6 nitrogen and oxygen atoms in total. The fourth-order valence-electron chi connectivity index (χ4n) is 2.63. The van der Waals surface area contributed by atoms with Gasteiger partial charge >= 0.3 is 5.97 Å². The fourth-order valence-corrected chi connectivity index (χ4v) is 3.85. The molecule has 3 rings (SSSR count). The molecule has 7 heteroatoms. The molecule has 0 unspecified atom stereocenters. The first kappa shape index (κ1) is 19.5. The van der Waals surface area contributed by atoms with Gasteiger partial charge in [0.25, 0.3) is 0 Å². The van der Waals surface area contributed by atoms with Crippen molar-refractivity contribution in [3.05, 3.63) is 47.4 Å². The van der Waals surface area contributed by atoms with E-state index in [9.17, 15) is 14.4 Å². The Bertz CT molecular complexity index is 781. The van der Waals surface area contributed by atoms with Crippen LogP contribution in [0.4, 0.5) is 0 Å². The zero-order valence-electron chi connectivity index (χ0n) is 15.7. The smallest absolute Gasteiger partial charge is 0.338 e. The predicted molar refractivity (Wildman–Crippen MR) is 102 cm³/mol. The van der Waals surface area contributed by atoms with Crippen LogP contribution in [0.1, 0.15) is 37.6 Å². The van der Waals surface area contributed by atoms with E-state index in [-0.39, 0.29) is 30.3 Å². The number of esters is 1. The summed E-state index contributed by atoms with van der Waals surface area (Å²) in [6.45, 7) is 5.38. The van der Waals surface area contributed by atoms with Gasteiger partial charge in [-0.05, 0) is 12.1 Å². The van der Waals surface area contributed by atoms with Crippen molar-refractivity contribution in [2.75, 3.05) is 19.0 Å². The van der Waals surface area contributed by atoms with Crippen molar-refractivity contribution in [2.45, 2.75) is 32.6 Å². The van der Waals surface area contributed by atoms with Gasteiger partial charge in [0.05, 0.1) is 17.4 Å². The zero-order chi connectivity index (χ0) is 19.6. The Morgan fingerprint density at radius 2 is 1.93 bits per heavy atom. The van der Waals surface area contributed by atoms with E-state index in [1.807, 2.05) is 26.8 Å². The van der Waals surface area contributed by atoms with Crippen molar-refractivity contribution < 1.29 is 23.9 Å². The molecule has 144 valence electrons. The molecule has 0 saturated carbocycles. The van der Waals surface area contributed by atoms with Gasteiger partial charge in [0.15, 0.2) is 5.78 Å². The first-order valence-corrected chi connectivity index (χ1v) is 9.86. The fraction of sp³-hybridized carbons (Fsp3) is 0.450. The molecule has 0 spiro atoms. The molecule has 0 aliphatic carbocycles. The second-order valence-corrected chi connectivity index (χ2v) is 8.71. The van der Waals surface area contributed by atoms with Crippen molar-refractivity contribution in [3.63, 3.8) is 0 Å². The molecule has 2 heterocycles. The summed E-state index contributed by atoms with van der Waals surface area (Å²) in [6.07, 6.45) is 0.460. The molecule has 1 aromatic rings. The molecule has 1 aromatic carbocycles. The van der Waals surface area contributed by atoms with Crippen LogP contribution in [0.5, 0.6) is 0 Å². The highest BCUT2D eigenvalue weighted by Crippen LogP contribution is 2.40. The average Bonchev–Trinajstić information content (AvgIpc) is 2.63. The minimum atomic E-state index is -0.526. The van der Waals surface area contributed by atoms with E-state index < -0.39 is 11.4 Å². The Morgan fingerprint density at radius 1 is 1.22 bits per heavy atom. The van der Waals surface area contributed by atoms with Crippen LogP contribution in [0.15, 0.2) is 41.8 Å². The van der Waals surface area contributed by atoms with E-state index in [0.717, 1.165) is 0 Å². The van der Waals surface area contributed by atoms with Gasteiger partial charge in [-0.2, -0.15) is 0 Å². The molecule has 0 aromatic heterocycles. The van der Waals surface area contributed by atoms with Gasteiger partial charge in [0, 0.05) is 16.7 Å². The Hall–Kier alpha value is -2.28. The van der Waals surface area contributed by atoms with E-state index in [2.05, 4.69) is 0 Å². The molecule has 27 heavy (non-hydrogen) atoms. The van der Waals surface area contributed by atoms with Gasteiger partial charge in [0.1, 0.15) is 13.2 Å². The van der Waals surface area contributed by atoms with Crippen molar-refractivity contribution in [3.8, 4) is 0 Å². The molecule has 2 aliphatic heterocycles. The van der Waals surface area contributed by atoms with Crippen LogP contribution in [0.2, 0.25) is 0 Å². The number of nitrogens with zero attached hydrogens (tertiary/aromatic N) is 1. The Morgan fingerprint density at radius 3 is 2.56 bits per heavy atom. The molecule has 2 aliphatic rings. The lowest BCUT2D eigenvalue weighted by molar-refractivity contribution is -0.145. The third kappa shape index (κ3) is 4.35. The van der Waals surface area contributed by atoms with Crippen LogP contribution in [0.3, 0.4) is 0 Å². The molecule has 1 fully saturated rings. The number of ketones is 1. The van der Waals surface area contributed by atoms with Crippen molar-refractivity contribution >= 4 is 29.4 Å². The highest BCUT2D eigenvalue weighted by Gasteiger charge is 2.44. The third-order valence-electron chi connectivity index (χ3n) is 4.44. The van der Waals surface area contributed by atoms with Gasteiger partial charge in [-0.25, -0.2) is 4.79 Å². The number of thioether (sulfide) groups is 1. The van der Waals surface area contributed by atoms with Gasteiger partial charge in [-0.15, -0.1) is 11.8 Å².